The summed E-state index contributed by atoms with van der Waals surface area (Å²) in [7, 11) is 0. The standard InChI is InChI=1S/C27H30N6O2/c1-17(2)26(34)30-21-11-9-19(10-12-21)23-22(24-25(28)29-13-16-33(24)31-23)18-5-7-20(8-6-18)27(35)32-14-3-4-15-32/h5,9-13,16,20H,1,3-4,6-8,14-15H2,2H3,(H2,28,29)(H,30,34). The topological polar surface area (TPSA) is 106 Å². The van der Waals surface area contributed by atoms with Crippen LogP contribution in [0.15, 0.2) is 54.9 Å². The van der Waals surface area contributed by atoms with E-state index in [1.807, 2.05) is 29.2 Å². The number of nitrogens with two attached hydrogens (primary N) is 1. The number of carbonyl (C=O) groups is 2. The summed E-state index contributed by atoms with van der Waals surface area (Å²) >= 11 is 0. The summed E-state index contributed by atoms with van der Waals surface area (Å²) in [6.45, 7) is 7.12. The molecule has 0 saturated carbocycles. The molecule has 180 valence electrons. The van der Waals surface area contributed by atoms with Gasteiger partial charge in [0.2, 0.25) is 5.91 Å². The third-order valence-corrected chi connectivity index (χ3v) is 6.88. The van der Waals surface area contributed by atoms with Crippen molar-refractivity contribution in [1.82, 2.24) is 19.5 Å². The fourth-order valence-electron chi connectivity index (χ4n) is 4.96. The second-order valence-corrected chi connectivity index (χ2v) is 9.37. The highest BCUT2D eigenvalue weighted by molar-refractivity contribution is 6.03. The van der Waals surface area contributed by atoms with Crippen LogP contribution >= 0.6 is 0 Å². The number of carbonyl (C=O) groups excluding carboxylic acids is 2. The molecular formula is C27H30N6O2. The van der Waals surface area contributed by atoms with Crippen molar-refractivity contribution in [3.05, 3.63) is 60.5 Å². The van der Waals surface area contributed by atoms with E-state index in [-0.39, 0.29) is 17.7 Å². The van der Waals surface area contributed by atoms with E-state index in [4.69, 9.17) is 10.8 Å². The van der Waals surface area contributed by atoms with Crippen LogP contribution in [-0.2, 0) is 9.59 Å². The highest BCUT2D eigenvalue weighted by Crippen LogP contribution is 2.40. The Kier molecular flexibility index (Phi) is 6.11. The molecule has 1 aliphatic carbocycles. The minimum absolute atomic E-state index is 0.0359. The predicted molar refractivity (Wildman–Crippen MR) is 137 cm³/mol. The fourth-order valence-corrected chi connectivity index (χ4v) is 4.96. The van der Waals surface area contributed by atoms with Crippen LogP contribution in [0.3, 0.4) is 0 Å². The Morgan fingerprint density at radius 1 is 1.17 bits per heavy atom. The van der Waals surface area contributed by atoms with Crippen molar-refractivity contribution in [3.63, 3.8) is 0 Å². The number of hydrogen-bond acceptors (Lipinski definition) is 5. The Hall–Kier alpha value is -3.94. The van der Waals surface area contributed by atoms with Crippen molar-refractivity contribution in [1.29, 1.82) is 0 Å². The van der Waals surface area contributed by atoms with E-state index >= 15 is 0 Å². The SMILES string of the molecule is C=C(C)C(=O)Nc1ccc(-c2nn3ccnc(N)c3c2C2=CCC(C(=O)N3CCCC3)CC2)cc1. The minimum Gasteiger partial charge on any atom is -0.382 e. The van der Waals surface area contributed by atoms with Gasteiger partial charge in [-0.2, -0.15) is 5.10 Å². The average Bonchev–Trinajstić information content (AvgIpc) is 3.53. The molecule has 3 heterocycles. The zero-order valence-corrected chi connectivity index (χ0v) is 20.0. The van der Waals surface area contributed by atoms with Crippen LogP contribution in [0, 0.1) is 5.92 Å². The first-order chi connectivity index (χ1) is 16.9. The number of benzene rings is 1. The molecule has 8 heteroatoms. The summed E-state index contributed by atoms with van der Waals surface area (Å²) in [6.07, 6.45) is 10.1. The van der Waals surface area contributed by atoms with Crippen molar-refractivity contribution < 1.29 is 9.59 Å². The Labute approximate surface area is 204 Å². The zero-order chi connectivity index (χ0) is 24.5. The average molecular weight is 471 g/mol. The number of nitrogen functional groups attached to an aromatic ring is 1. The second-order valence-electron chi connectivity index (χ2n) is 9.37. The first-order valence-corrected chi connectivity index (χ1v) is 12.1. The van der Waals surface area contributed by atoms with Gasteiger partial charge < -0.3 is 16.0 Å². The Morgan fingerprint density at radius 3 is 2.57 bits per heavy atom. The van der Waals surface area contributed by atoms with Crippen LogP contribution in [0.4, 0.5) is 11.5 Å². The van der Waals surface area contributed by atoms with Crippen LogP contribution < -0.4 is 11.1 Å². The summed E-state index contributed by atoms with van der Waals surface area (Å²) in [5.74, 6) is 0.526. The van der Waals surface area contributed by atoms with Crippen LogP contribution in [0.25, 0.3) is 22.3 Å². The minimum atomic E-state index is -0.213. The van der Waals surface area contributed by atoms with Gasteiger partial charge in [0.15, 0.2) is 0 Å². The van der Waals surface area contributed by atoms with Crippen LogP contribution in [0.2, 0.25) is 0 Å². The molecule has 2 amide bonds. The number of aromatic nitrogens is 3. The van der Waals surface area contributed by atoms with Crippen molar-refractivity contribution in [2.24, 2.45) is 5.92 Å². The lowest BCUT2D eigenvalue weighted by atomic mass is 9.84. The second kappa shape index (κ2) is 9.37. The maximum absolute atomic E-state index is 12.9. The molecule has 8 nitrogen and oxygen atoms in total. The van der Waals surface area contributed by atoms with Gasteiger partial charge in [-0.25, -0.2) is 9.50 Å². The summed E-state index contributed by atoms with van der Waals surface area (Å²) in [4.78, 5) is 31.2. The largest absolute Gasteiger partial charge is 0.382 e. The molecule has 1 fully saturated rings. The van der Waals surface area contributed by atoms with Gasteiger partial charge in [0, 0.05) is 53.8 Å². The summed E-state index contributed by atoms with van der Waals surface area (Å²) in [5.41, 5.74) is 12.0. The zero-order valence-electron chi connectivity index (χ0n) is 20.0. The number of rotatable bonds is 5. The van der Waals surface area contributed by atoms with Crippen molar-refractivity contribution in [2.45, 2.75) is 39.0 Å². The normalized spacial score (nSPS) is 17.9. The van der Waals surface area contributed by atoms with Crippen molar-refractivity contribution >= 4 is 34.4 Å². The van der Waals surface area contributed by atoms with Gasteiger partial charge in [-0.3, -0.25) is 9.59 Å². The van der Waals surface area contributed by atoms with E-state index in [2.05, 4.69) is 23.0 Å². The predicted octanol–water partition coefficient (Wildman–Crippen LogP) is 4.30. The summed E-state index contributed by atoms with van der Waals surface area (Å²) in [5, 5.41) is 7.66. The van der Waals surface area contributed by atoms with E-state index in [1.165, 1.54) is 0 Å². The number of nitrogens with one attached hydrogen (secondary N) is 1. The van der Waals surface area contributed by atoms with Crippen LogP contribution in [-0.4, -0.2) is 44.4 Å². The quantitative estimate of drug-likeness (QED) is 0.541. The maximum atomic E-state index is 12.9. The molecule has 1 aromatic carbocycles. The smallest absolute Gasteiger partial charge is 0.250 e. The molecule has 1 aliphatic heterocycles. The van der Waals surface area contributed by atoms with Crippen LogP contribution in [0.1, 0.15) is 44.6 Å². The van der Waals surface area contributed by atoms with Gasteiger partial charge in [-0.1, -0.05) is 24.8 Å². The van der Waals surface area contributed by atoms with E-state index < -0.39 is 0 Å². The molecule has 1 saturated heterocycles. The Bertz CT molecular complexity index is 1330. The maximum Gasteiger partial charge on any atom is 0.250 e. The number of likely N-dealkylation sites (tertiary alicyclic amines) is 1. The lowest BCUT2D eigenvalue weighted by molar-refractivity contribution is -0.134. The number of hydrogen-bond donors (Lipinski definition) is 2. The summed E-state index contributed by atoms with van der Waals surface area (Å²) in [6, 6.07) is 7.58. The van der Waals surface area contributed by atoms with Gasteiger partial charge in [0.25, 0.3) is 5.91 Å². The van der Waals surface area contributed by atoms with E-state index in [1.54, 1.807) is 23.8 Å². The molecule has 35 heavy (non-hydrogen) atoms. The molecule has 0 radical (unpaired) electrons. The number of anilines is 2. The molecule has 3 N–H and O–H groups in total. The fraction of sp³-hybridized carbons (Fsp3) is 0.333. The number of allylic oxidation sites excluding steroid dienone is 2. The highest BCUT2D eigenvalue weighted by Gasteiger charge is 2.30. The third-order valence-electron chi connectivity index (χ3n) is 6.88. The Balaban J connectivity index is 1.48. The van der Waals surface area contributed by atoms with Gasteiger partial charge in [0.05, 0.1) is 0 Å². The lowest BCUT2D eigenvalue weighted by Gasteiger charge is -2.26. The first-order valence-electron chi connectivity index (χ1n) is 12.1. The van der Waals surface area contributed by atoms with Crippen molar-refractivity contribution in [3.8, 4) is 11.3 Å². The Morgan fingerprint density at radius 2 is 1.91 bits per heavy atom. The molecule has 1 unspecified atom stereocenters. The molecule has 2 aromatic heterocycles. The molecule has 2 aliphatic rings. The molecule has 1 atom stereocenters. The molecule has 0 bridgehead atoms. The van der Waals surface area contributed by atoms with Gasteiger partial charge in [0.1, 0.15) is 17.0 Å². The van der Waals surface area contributed by atoms with E-state index in [0.29, 0.717) is 23.5 Å². The number of amides is 2. The molecule has 0 spiro atoms. The van der Waals surface area contributed by atoms with E-state index in [0.717, 1.165) is 66.7 Å². The molecular weight excluding hydrogens is 440 g/mol. The molecule has 5 rings (SSSR count). The van der Waals surface area contributed by atoms with E-state index in [9.17, 15) is 9.59 Å². The molecule has 3 aromatic rings. The number of nitrogens with zero attached hydrogens (tertiary/aromatic N) is 4. The number of fused-ring (bicyclic) bond motifs is 1. The van der Waals surface area contributed by atoms with Crippen LogP contribution in [0.5, 0.6) is 0 Å². The third kappa shape index (κ3) is 4.43. The van der Waals surface area contributed by atoms with Crippen molar-refractivity contribution in [2.75, 3.05) is 24.1 Å². The summed E-state index contributed by atoms with van der Waals surface area (Å²) < 4.78 is 1.77. The monoisotopic (exact) mass is 470 g/mol. The van der Waals surface area contributed by atoms with Gasteiger partial charge in [-0.15, -0.1) is 0 Å². The lowest BCUT2D eigenvalue weighted by Crippen LogP contribution is -2.34. The first kappa shape index (κ1) is 22.8. The highest BCUT2D eigenvalue weighted by atomic mass is 16.2. The van der Waals surface area contributed by atoms with Gasteiger partial charge in [-0.05, 0) is 56.7 Å². The van der Waals surface area contributed by atoms with Gasteiger partial charge >= 0.3 is 0 Å².